The van der Waals surface area contributed by atoms with Crippen molar-refractivity contribution in [1.82, 2.24) is 0 Å². The Labute approximate surface area is 138 Å². The monoisotopic (exact) mass is 308 g/mol. The number of benzene rings is 3. The Kier molecular flexibility index (Phi) is 5.05. The van der Waals surface area contributed by atoms with E-state index < -0.39 is 4.87 Å². The molecule has 3 rings (SSSR count). The molecule has 0 spiro atoms. The minimum absolute atomic E-state index is 0. The highest BCUT2D eigenvalue weighted by Crippen LogP contribution is 2.42. The van der Waals surface area contributed by atoms with E-state index in [0.717, 1.165) is 16.7 Å². The molecule has 0 fully saturated rings. The summed E-state index contributed by atoms with van der Waals surface area (Å²) in [7, 11) is 0. The van der Waals surface area contributed by atoms with Gasteiger partial charge in [0.1, 0.15) is 4.87 Å². The molecule has 1 heteroatoms. The van der Waals surface area contributed by atoms with Crippen LogP contribution in [0.25, 0.3) is 0 Å². The third kappa shape index (κ3) is 2.93. The predicted octanol–water partition coefficient (Wildman–Crippen LogP) is 6.16. The molecule has 0 aliphatic heterocycles. The lowest BCUT2D eigenvalue weighted by molar-refractivity contribution is 0.879. The van der Waals surface area contributed by atoms with E-state index in [1.165, 1.54) is 5.56 Å². The number of halogens is 1. The van der Waals surface area contributed by atoms with Crippen LogP contribution in [0, 0.1) is 6.92 Å². The third-order valence-electron chi connectivity index (χ3n) is 3.79. The van der Waals surface area contributed by atoms with Crippen LogP contribution in [0.1, 0.15) is 29.7 Å². The van der Waals surface area contributed by atoms with E-state index in [1.54, 1.807) is 0 Å². The van der Waals surface area contributed by atoms with Gasteiger partial charge in [0, 0.05) is 0 Å². The lowest BCUT2D eigenvalue weighted by Gasteiger charge is -2.29. The van der Waals surface area contributed by atoms with Gasteiger partial charge >= 0.3 is 0 Å². The average Bonchev–Trinajstić information content (AvgIpc) is 2.56. The Balaban J connectivity index is 0.00000176. The van der Waals surface area contributed by atoms with Gasteiger partial charge in [-0.1, -0.05) is 97.9 Å². The number of rotatable bonds is 3. The fourth-order valence-electron chi connectivity index (χ4n) is 2.62. The first-order chi connectivity index (χ1) is 10.2. The highest BCUT2D eigenvalue weighted by molar-refractivity contribution is 6.28. The average molecular weight is 309 g/mol. The van der Waals surface area contributed by atoms with Gasteiger partial charge in [0.15, 0.2) is 0 Å². The summed E-state index contributed by atoms with van der Waals surface area (Å²) < 4.78 is 0. The van der Waals surface area contributed by atoms with E-state index in [4.69, 9.17) is 11.6 Å². The van der Waals surface area contributed by atoms with E-state index in [-0.39, 0.29) is 7.43 Å². The molecule has 0 aliphatic rings. The second-order valence-corrected chi connectivity index (χ2v) is 5.82. The third-order valence-corrected chi connectivity index (χ3v) is 4.45. The van der Waals surface area contributed by atoms with Crippen molar-refractivity contribution in [3.63, 3.8) is 0 Å². The molecule has 3 aromatic rings. The van der Waals surface area contributed by atoms with Gasteiger partial charge in [-0.2, -0.15) is 0 Å². The summed E-state index contributed by atoms with van der Waals surface area (Å²) in [5, 5.41) is 0. The van der Waals surface area contributed by atoms with Crippen molar-refractivity contribution >= 4 is 11.6 Å². The molecule has 0 nitrogen and oxygen atoms in total. The van der Waals surface area contributed by atoms with Crippen LogP contribution in [0.2, 0.25) is 0 Å². The van der Waals surface area contributed by atoms with Crippen LogP contribution in [-0.2, 0) is 4.87 Å². The zero-order valence-corrected chi connectivity index (χ0v) is 12.7. The van der Waals surface area contributed by atoms with Gasteiger partial charge in [-0.3, -0.25) is 0 Å². The number of hydrogen-bond acceptors (Lipinski definition) is 0. The lowest BCUT2D eigenvalue weighted by Crippen LogP contribution is -2.22. The lowest BCUT2D eigenvalue weighted by atomic mass is 9.84. The fourth-order valence-corrected chi connectivity index (χ4v) is 3.00. The maximum Gasteiger partial charge on any atom is 0.119 e. The maximum absolute atomic E-state index is 7.17. The Morgan fingerprint density at radius 3 is 1.36 bits per heavy atom. The maximum atomic E-state index is 7.17. The summed E-state index contributed by atoms with van der Waals surface area (Å²) in [5.41, 5.74) is 4.49. The van der Waals surface area contributed by atoms with Crippen molar-refractivity contribution in [2.24, 2.45) is 0 Å². The molecule has 0 atom stereocenters. The van der Waals surface area contributed by atoms with Gasteiger partial charge in [-0.05, 0) is 23.6 Å². The van der Waals surface area contributed by atoms with Crippen LogP contribution >= 0.6 is 11.6 Å². The molecule has 3 aromatic carbocycles. The van der Waals surface area contributed by atoms with Gasteiger partial charge in [-0.25, -0.2) is 0 Å². The van der Waals surface area contributed by atoms with Crippen LogP contribution in [0.5, 0.6) is 0 Å². The minimum Gasteiger partial charge on any atom is -0.104 e. The molecular weight excluding hydrogens is 288 g/mol. The molecule has 0 unspecified atom stereocenters. The van der Waals surface area contributed by atoms with Gasteiger partial charge in [0.05, 0.1) is 0 Å². The van der Waals surface area contributed by atoms with E-state index in [9.17, 15) is 0 Å². The Hall–Kier alpha value is -2.05. The summed E-state index contributed by atoms with van der Waals surface area (Å²) in [6, 6.07) is 28.9. The molecule has 0 bridgehead atoms. The first kappa shape index (κ1) is 16.3. The predicted molar refractivity (Wildman–Crippen MR) is 96.5 cm³/mol. The van der Waals surface area contributed by atoms with E-state index in [0.29, 0.717) is 0 Å². The number of alkyl halides is 1. The van der Waals surface area contributed by atoms with Crippen molar-refractivity contribution < 1.29 is 0 Å². The first-order valence-electron chi connectivity index (χ1n) is 7.08. The van der Waals surface area contributed by atoms with Gasteiger partial charge in [0.25, 0.3) is 0 Å². The standard InChI is InChI=1S/C20H17Cl.CH4/c1-16-12-14-19(15-13-16)20(21,17-8-4-2-5-9-17)18-10-6-3-7-11-18;/h2-15H,1H3;1H4. The van der Waals surface area contributed by atoms with Gasteiger partial charge in [0.2, 0.25) is 0 Å². The second kappa shape index (κ2) is 6.81. The molecule has 0 heterocycles. The second-order valence-electron chi connectivity index (χ2n) is 5.26. The first-order valence-corrected chi connectivity index (χ1v) is 7.46. The van der Waals surface area contributed by atoms with Crippen LogP contribution in [-0.4, -0.2) is 0 Å². The SMILES string of the molecule is C.Cc1ccc(C(Cl)(c2ccccc2)c2ccccc2)cc1. The van der Waals surface area contributed by atoms with Crippen LogP contribution in [0.4, 0.5) is 0 Å². The molecular formula is C21H21Cl. The van der Waals surface area contributed by atoms with E-state index >= 15 is 0 Å². The molecule has 112 valence electrons. The minimum atomic E-state index is -0.657. The quantitative estimate of drug-likeness (QED) is 0.401. The summed E-state index contributed by atoms with van der Waals surface area (Å²) >= 11 is 7.17. The summed E-state index contributed by atoms with van der Waals surface area (Å²) in [4.78, 5) is -0.657. The Morgan fingerprint density at radius 2 is 0.955 bits per heavy atom. The molecule has 0 saturated heterocycles. The highest BCUT2D eigenvalue weighted by Gasteiger charge is 2.33. The van der Waals surface area contributed by atoms with Crippen molar-refractivity contribution in [3.05, 3.63) is 107 Å². The van der Waals surface area contributed by atoms with E-state index in [1.807, 2.05) is 36.4 Å². The summed E-state index contributed by atoms with van der Waals surface area (Å²) in [6.07, 6.45) is 0. The fraction of sp³-hybridized carbons (Fsp3) is 0.143. The molecule has 0 aliphatic carbocycles. The van der Waals surface area contributed by atoms with Gasteiger partial charge < -0.3 is 0 Å². The topological polar surface area (TPSA) is 0 Å². The number of hydrogen-bond donors (Lipinski definition) is 0. The zero-order chi connectivity index (χ0) is 14.7. The smallest absolute Gasteiger partial charge is 0.104 e. The van der Waals surface area contributed by atoms with Crippen molar-refractivity contribution in [3.8, 4) is 0 Å². The molecule has 0 aromatic heterocycles. The normalized spacial score (nSPS) is 10.8. The van der Waals surface area contributed by atoms with Crippen molar-refractivity contribution in [1.29, 1.82) is 0 Å². The van der Waals surface area contributed by atoms with Crippen LogP contribution < -0.4 is 0 Å². The Bertz CT molecular complexity index is 660. The van der Waals surface area contributed by atoms with Gasteiger partial charge in [-0.15, -0.1) is 11.6 Å². The highest BCUT2D eigenvalue weighted by atomic mass is 35.5. The zero-order valence-electron chi connectivity index (χ0n) is 12.0. The molecule has 0 N–H and O–H groups in total. The summed E-state index contributed by atoms with van der Waals surface area (Å²) in [6.45, 7) is 2.09. The molecule has 0 saturated carbocycles. The molecule has 22 heavy (non-hydrogen) atoms. The number of aryl methyl sites for hydroxylation is 1. The Morgan fingerprint density at radius 1 is 0.591 bits per heavy atom. The van der Waals surface area contributed by atoms with Crippen LogP contribution in [0.15, 0.2) is 84.9 Å². The van der Waals surface area contributed by atoms with Crippen LogP contribution in [0.3, 0.4) is 0 Å². The summed E-state index contributed by atoms with van der Waals surface area (Å²) in [5.74, 6) is 0. The van der Waals surface area contributed by atoms with Crippen molar-refractivity contribution in [2.75, 3.05) is 0 Å². The van der Waals surface area contributed by atoms with E-state index in [2.05, 4.69) is 55.5 Å². The largest absolute Gasteiger partial charge is 0.119 e. The molecule has 0 amide bonds. The van der Waals surface area contributed by atoms with Crippen molar-refractivity contribution in [2.45, 2.75) is 19.2 Å². The molecule has 0 radical (unpaired) electrons.